The van der Waals surface area contributed by atoms with E-state index in [0.717, 1.165) is 51.4 Å². The Bertz CT molecular complexity index is 557. The molecule has 4 unspecified atom stereocenters. The summed E-state index contributed by atoms with van der Waals surface area (Å²) < 4.78 is 5.36. The predicted octanol–water partition coefficient (Wildman–Crippen LogP) is 3.61. The Morgan fingerprint density at radius 3 is 1.89 bits per heavy atom. The summed E-state index contributed by atoms with van der Waals surface area (Å²) in [4.78, 5) is 35.9. The first-order valence-electron chi connectivity index (χ1n) is 10.6. The summed E-state index contributed by atoms with van der Waals surface area (Å²) in [6.45, 7) is 5.49. The maximum Gasteiger partial charge on any atom is 0.407 e. The number of hydrogen-bond donors (Lipinski definition) is 3. The fraction of sp³-hybridized carbons (Fsp3) is 0.857. The van der Waals surface area contributed by atoms with Gasteiger partial charge in [0.25, 0.3) is 0 Å². The van der Waals surface area contributed by atoms with Gasteiger partial charge in [-0.3, -0.25) is 9.59 Å². The standard InChI is InChI=1S/C21H36N2O5/c1-21(2,3)28-20(27)23-17-11-7-4-8-14(17)12-18(24)22-16-10-6-5-9-15(16)13-19(25)26/h14-17H,4-13H2,1-3H3,(H,22,24)(H,23,27)(H,25,26). The zero-order valence-electron chi connectivity index (χ0n) is 17.5. The molecule has 0 bridgehead atoms. The summed E-state index contributed by atoms with van der Waals surface area (Å²) in [5, 5.41) is 15.2. The molecular formula is C21H36N2O5. The van der Waals surface area contributed by atoms with E-state index in [4.69, 9.17) is 9.84 Å². The monoisotopic (exact) mass is 396 g/mol. The lowest BCUT2D eigenvalue weighted by Gasteiger charge is -2.34. The second-order valence-electron chi connectivity index (χ2n) is 9.32. The van der Waals surface area contributed by atoms with Crippen molar-refractivity contribution in [3.05, 3.63) is 0 Å². The number of rotatable bonds is 6. The van der Waals surface area contributed by atoms with Crippen molar-refractivity contribution in [1.82, 2.24) is 10.6 Å². The SMILES string of the molecule is CC(C)(C)OC(=O)NC1CCCCC1CC(=O)NC1CCCCC1CC(=O)O. The van der Waals surface area contributed by atoms with Crippen molar-refractivity contribution in [3.8, 4) is 0 Å². The molecule has 160 valence electrons. The fourth-order valence-corrected chi connectivity index (χ4v) is 4.47. The largest absolute Gasteiger partial charge is 0.481 e. The molecule has 7 heteroatoms. The first-order chi connectivity index (χ1) is 13.1. The van der Waals surface area contributed by atoms with Crippen LogP contribution in [0.15, 0.2) is 0 Å². The molecule has 3 N–H and O–H groups in total. The lowest BCUT2D eigenvalue weighted by Crippen LogP contribution is -2.47. The molecule has 0 heterocycles. The summed E-state index contributed by atoms with van der Waals surface area (Å²) in [5.74, 6) is -0.745. The van der Waals surface area contributed by atoms with Crippen LogP contribution in [-0.4, -0.2) is 40.8 Å². The molecule has 2 aliphatic rings. The molecule has 2 saturated carbocycles. The Morgan fingerprint density at radius 1 is 0.857 bits per heavy atom. The lowest BCUT2D eigenvalue weighted by molar-refractivity contribution is -0.139. The van der Waals surface area contributed by atoms with E-state index in [1.165, 1.54) is 0 Å². The van der Waals surface area contributed by atoms with Crippen LogP contribution in [0, 0.1) is 11.8 Å². The third-order valence-electron chi connectivity index (χ3n) is 5.75. The molecule has 0 radical (unpaired) electrons. The molecule has 2 rings (SSSR count). The van der Waals surface area contributed by atoms with Crippen molar-refractivity contribution < 1.29 is 24.2 Å². The fourth-order valence-electron chi connectivity index (χ4n) is 4.47. The van der Waals surface area contributed by atoms with Gasteiger partial charge in [-0.15, -0.1) is 0 Å². The number of alkyl carbamates (subject to hydrolysis) is 1. The van der Waals surface area contributed by atoms with E-state index in [2.05, 4.69) is 10.6 Å². The van der Waals surface area contributed by atoms with Gasteiger partial charge in [0.15, 0.2) is 0 Å². The van der Waals surface area contributed by atoms with E-state index in [-0.39, 0.29) is 36.2 Å². The molecule has 28 heavy (non-hydrogen) atoms. The minimum absolute atomic E-state index is 0.0113. The molecule has 4 atom stereocenters. The van der Waals surface area contributed by atoms with E-state index < -0.39 is 17.7 Å². The number of carbonyl (C=O) groups is 3. The number of amides is 2. The maximum atomic E-state index is 12.7. The minimum atomic E-state index is -0.806. The third kappa shape index (κ3) is 7.68. The van der Waals surface area contributed by atoms with Crippen molar-refractivity contribution in [1.29, 1.82) is 0 Å². The molecule has 0 aromatic carbocycles. The highest BCUT2D eigenvalue weighted by molar-refractivity contribution is 5.77. The highest BCUT2D eigenvalue weighted by Gasteiger charge is 2.32. The van der Waals surface area contributed by atoms with Crippen LogP contribution in [0.25, 0.3) is 0 Å². The van der Waals surface area contributed by atoms with Crippen LogP contribution in [0.4, 0.5) is 4.79 Å². The summed E-state index contributed by atoms with van der Waals surface area (Å²) in [6, 6.07) is -0.117. The molecule has 2 fully saturated rings. The van der Waals surface area contributed by atoms with Crippen LogP contribution < -0.4 is 10.6 Å². The molecule has 0 aromatic heterocycles. The number of aliphatic carboxylic acids is 1. The van der Waals surface area contributed by atoms with E-state index in [9.17, 15) is 14.4 Å². The average molecular weight is 397 g/mol. The van der Waals surface area contributed by atoms with Gasteiger partial charge in [0.1, 0.15) is 5.60 Å². The molecular weight excluding hydrogens is 360 g/mol. The molecule has 0 aromatic rings. The van der Waals surface area contributed by atoms with E-state index >= 15 is 0 Å². The predicted molar refractivity (Wildman–Crippen MR) is 106 cm³/mol. The van der Waals surface area contributed by atoms with Crippen molar-refractivity contribution >= 4 is 18.0 Å². The molecule has 2 aliphatic carbocycles. The van der Waals surface area contributed by atoms with Crippen molar-refractivity contribution in [2.75, 3.05) is 0 Å². The summed E-state index contributed by atoms with van der Waals surface area (Å²) in [6.07, 6.45) is 7.60. The molecule has 0 spiro atoms. The first kappa shape index (κ1) is 22.5. The van der Waals surface area contributed by atoms with Crippen LogP contribution in [0.3, 0.4) is 0 Å². The topological polar surface area (TPSA) is 105 Å². The van der Waals surface area contributed by atoms with E-state index in [1.807, 2.05) is 20.8 Å². The molecule has 2 amide bonds. The van der Waals surface area contributed by atoms with E-state index in [1.54, 1.807) is 0 Å². The third-order valence-corrected chi connectivity index (χ3v) is 5.75. The normalized spacial score (nSPS) is 28.2. The Kier molecular flexibility index (Phi) is 8.13. The van der Waals surface area contributed by atoms with Gasteiger partial charge < -0.3 is 20.5 Å². The Morgan fingerprint density at radius 2 is 1.36 bits per heavy atom. The highest BCUT2D eigenvalue weighted by Crippen LogP contribution is 2.30. The zero-order chi connectivity index (χ0) is 20.7. The first-order valence-corrected chi connectivity index (χ1v) is 10.6. The quantitative estimate of drug-likeness (QED) is 0.636. The smallest absolute Gasteiger partial charge is 0.407 e. The van der Waals surface area contributed by atoms with Crippen LogP contribution in [0.5, 0.6) is 0 Å². The van der Waals surface area contributed by atoms with Crippen LogP contribution in [0.1, 0.15) is 85.0 Å². The average Bonchev–Trinajstić information content (AvgIpc) is 2.56. The second kappa shape index (κ2) is 10.1. The Hall–Kier alpha value is -1.79. The van der Waals surface area contributed by atoms with Gasteiger partial charge in [0, 0.05) is 18.5 Å². The van der Waals surface area contributed by atoms with Crippen LogP contribution >= 0.6 is 0 Å². The van der Waals surface area contributed by atoms with Gasteiger partial charge in [-0.2, -0.15) is 0 Å². The summed E-state index contributed by atoms with van der Waals surface area (Å²) in [7, 11) is 0. The Balaban J connectivity index is 1.89. The number of hydrogen-bond acceptors (Lipinski definition) is 4. The summed E-state index contributed by atoms with van der Waals surface area (Å²) >= 11 is 0. The highest BCUT2D eigenvalue weighted by atomic mass is 16.6. The lowest BCUT2D eigenvalue weighted by atomic mass is 9.80. The van der Waals surface area contributed by atoms with Gasteiger partial charge in [0.2, 0.25) is 5.91 Å². The summed E-state index contributed by atoms with van der Waals surface area (Å²) in [5.41, 5.74) is -0.550. The van der Waals surface area contributed by atoms with Gasteiger partial charge in [-0.05, 0) is 58.3 Å². The number of carboxylic acid groups (broad SMARTS) is 1. The van der Waals surface area contributed by atoms with E-state index in [0.29, 0.717) is 6.42 Å². The van der Waals surface area contributed by atoms with Crippen molar-refractivity contribution in [2.45, 2.75) is 103 Å². The van der Waals surface area contributed by atoms with Gasteiger partial charge in [0.05, 0.1) is 6.42 Å². The van der Waals surface area contributed by atoms with Gasteiger partial charge in [-0.25, -0.2) is 4.79 Å². The molecule has 0 aliphatic heterocycles. The van der Waals surface area contributed by atoms with Crippen molar-refractivity contribution in [2.24, 2.45) is 11.8 Å². The van der Waals surface area contributed by atoms with Gasteiger partial charge in [-0.1, -0.05) is 25.7 Å². The van der Waals surface area contributed by atoms with Crippen LogP contribution in [-0.2, 0) is 14.3 Å². The van der Waals surface area contributed by atoms with Crippen LogP contribution in [0.2, 0.25) is 0 Å². The number of ether oxygens (including phenoxy) is 1. The Labute approximate surface area is 168 Å². The molecule has 7 nitrogen and oxygen atoms in total. The second-order valence-corrected chi connectivity index (χ2v) is 9.32. The maximum absolute atomic E-state index is 12.7. The minimum Gasteiger partial charge on any atom is -0.481 e. The number of carbonyl (C=O) groups excluding carboxylic acids is 2. The number of nitrogens with one attached hydrogen (secondary N) is 2. The zero-order valence-corrected chi connectivity index (χ0v) is 17.5. The van der Waals surface area contributed by atoms with Gasteiger partial charge >= 0.3 is 12.1 Å². The van der Waals surface area contributed by atoms with Crippen molar-refractivity contribution in [3.63, 3.8) is 0 Å². The molecule has 0 saturated heterocycles. The number of carboxylic acids is 1.